The summed E-state index contributed by atoms with van der Waals surface area (Å²) in [5.41, 5.74) is 2.09. The highest BCUT2D eigenvalue weighted by Crippen LogP contribution is 2.33. The molecule has 2 unspecified atom stereocenters. The Balaban J connectivity index is 0.000000817. The summed E-state index contributed by atoms with van der Waals surface area (Å²) < 4.78 is 14.1. The minimum atomic E-state index is -0.256. The van der Waals surface area contributed by atoms with Crippen molar-refractivity contribution in [1.82, 2.24) is 9.80 Å². The molecule has 1 saturated heterocycles. The molecule has 2 atom stereocenters. The van der Waals surface area contributed by atoms with Gasteiger partial charge in [0.1, 0.15) is 5.82 Å². The average molecular weight is 433 g/mol. The number of urea groups is 1. The third-order valence-electron chi connectivity index (χ3n) is 4.73. The SMILES string of the molecule is C=CC.CC(c1ccc(Br)cc1)N1CCC(c2ccc(F)cc2)N(C)C1=O. The smallest absolute Gasteiger partial charge is 0.320 e. The van der Waals surface area contributed by atoms with Gasteiger partial charge in [-0.15, -0.1) is 6.58 Å². The van der Waals surface area contributed by atoms with Gasteiger partial charge in [0, 0.05) is 18.1 Å². The Bertz CT molecular complexity index is 761. The zero-order valence-corrected chi connectivity index (χ0v) is 17.6. The number of hydrogen-bond acceptors (Lipinski definition) is 1. The van der Waals surface area contributed by atoms with Crippen molar-refractivity contribution in [3.63, 3.8) is 0 Å². The first-order chi connectivity index (χ1) is 12.9. The molecule has 2 aromatic rings. The van der Waals surface area contributed by atoms with E-state index in [1.807, 2.05) is 50.1 Å². The second kappa shape index (κ2) is 9.70. The maximum Gasteiger partial charge on any atom is 0.320 e. The molecule has 1 heterocycles. The van der Waals surface area contributed by atoms with E-state index in [1.165, 1.54) is 12.1 Å². The van der Waals surface area contributed by atoms with Gasteiger partial charge in [0.15, 0.2) is 0 Å². The van der Waals surface area contributed by atoms with Crippen LogP contribution in [0.5, 0.6) is 0 Å². The first-order valence-electron chi connectivity index (χ1n) is 9.00. The van der Waals surface area contributed by atoms with E-state index in [1.54, 1.807) is 23.1 Å². The van der Waals surface area contributed by atoms with Crippen LogP contribution in [0.25, 0.3) is 0 Å². The molecule has 0 radical (unpaired) electrons. The van der Waals surface area contributed by atoms with Crippen LogP contribution in [0.4, 0.5) is 9.18 Å². The van der Waals surface area contributed by atoms with E-state index in [0.29, 0.717) is 6.54 Å². The first kappa shape index (κ1) is 21.2. The second-order valence-corrected chi connectivity index (χ2v) is 7.49. The Morgan fingerprint density at radius 2 is 1.74 bits per heavy atom. The van der Waals surface area contributed by atoms with Crippen LogP contribution in [0.2, 0.25) is 0 Å². The lowest BCUT2D eigenvalue weighted by atomic mass is 9.98. The molecule has 1 aliphatic rings. The maximum atomic E-state index is 13.1. The van der Waals surface area contributed by atoms with Gasteiger partial charge < -0.3 is 9.80 Å². The number of carbonyl (C=O) groups excluding carboxylic acids is 1. The van der Waals surface area contributed by atoms with E-state index in [0.717, 1.165) is 22.0 Å². The quantitative estimate of drug-likeness (QED) is 0.518. The molecule has 2 aromatic carbocycles. The van der Waals surface area contributed by atoms with Crippen LogP contribution < -0.4 is 0 Å². The predicted octanol–water partition coefficient (Wildman–Crippen LogP) is 6.34. The summed E-state index contributed by atoms with van der Waals surface area (Å²) >= 11 is 3.44. The van der Waals surface area contributed by atoms with Crippen LogP contribution in [0.15, 0.2) is 65.7 Å². The third-order valence-corrected chi connectivity index (χ3v) is 5.26. The lowest BCUT2D eigenvalue weighted by Gasteiger charge is -2.42. The van der Waals surface area contributed by atoms with Crippen LogP contribution in [-0.2, 0) is 0 Å². The molecule has 27 heavy (non-hydrogen) atoms. The van der Waals surface area contributed by atoms with Crippen molar-refractivity contribution in [3.8, 4) is 0 Å². The van der Waals surface area contributed by atoms with Crippen molar-refractivity contribution in [2.24, 2.45) is 0 Å². The minimum Gasteiger partial charge on any atom is -0.321 e. The molecule has 0 bridgehead atoms. The zero-order chi connectivity index (χ0) is 20.0. The second-order valence-electron chi connectivity index (χ2n) is 6.58. The molecule has 5 heteroatoms. The Morgan fingerprint density at radius 3 is 2.30 bits per heavy atom. The number of amides is 2. The van der Waals surface area contributed by atoms with E-state index < -0.39 is 0 Å². The molecule has 2 amide bonds. The molecule has 0 aliphatic carbocycles. The molecular weight excluding hydrogens is 407 g/mol. The molecule has 144 valence electrons. The van der Waals surface area contributed by atoms with Gasteiger partial charge in [-0.25, -0.2) is 9.18 Å². The lowest BCUT2D eigenvalue weighted by molar-refractivity contribution is 0.0953. The monoisotopic (exact) mass is 432 g/mol. The van der Waals surface area contributed by atoms with Crippen LogP contribution in [0.1, 0.15) is 43.5 Å². The standard InChI is InChI=1S/C19H20BrFN2O.C3H6/c1-13(14-3-7-16(20)8-4-14)23-12-11-18(22(2)19(23)24)15-5-9-17(21)10-6-15;1-3-2/h3-10,13,18H,11-12H2,1-2H3;3H,1H2,2H3. The highest BCUT2D eigenvalue weighted by molar-refractivity contribution is 9.10. The number of halogens is 2. The predicted molar refractivity (Wildman–Crippen MR) is 112 cm³/mol. The van der Waals surface area contributed by atoms with Gasteiger partial charge in [-0.3, -0.25) is 0 Å². The fraction of sp³-hybridized carbons (Fsp3) is 0.318. The molecule has 1 fully saturated rings. The summed E-state index contributed by atoms with van der Waals surface area (Å²) in [6, 6.07) is 14.5. The van der Waals surface area contributed by atoms with Crippen molar-refractivity contribution >= 4 is 22.0 Å². The fourth-order valence-electron chi connectivity index (χ4n) is 3.24. The van der Waals surface area contributed by atoms with Crippen molar-refractivity contribution in [2.45, 2.75) is 32.4 Å². The molecule has 0 saturated carbocycles. The molecule has 0 N–H and O–H groups in total. The molecule has 3 nitrogen and oxygen atoms in total. The number of hydrogen-bond donors (Lipinski definition) is 0. The van der Waals surface area contributed by atoms with Crippen LogP contribution in [0.3, 0.4) is 0 Å². The number of carbonyl (C=O) groups is 1. The Morgan fingerprint density at radius 1 is 1.19 bits per heavy atom. The summed E-state index contributed by atoms with van der Waals surface area (Å²) in [4.78, 5) is 16.5. The first-order valence-corrected chi connectivity index (χ1v) is 9.79. The summed E-state index contributed by atoms with van der Waals surface area (Å²) in [6.07, 6.45) is 2.58. The Hall–Kier alpha value is -2.14. The van der Waals surface area contributed by atoms with Crippen LogP contribution in [0, 0.1) is 5.82 Å². The number of allylic oxidation sites excluding steroid dienone is 1. The fourth-order valence-corrected chi connectivity index (χ4v) is 3.51. The van der Waals surface area contributed by atoms with Crippen molar-refractivity contribution < 1.29 is 9.18 Å². The summed E-state index contributed by atoms with van der Waals surface area (Å²) in [6.45, 7) is 7.98. The topological polar surface area (TPSA) is 23.6 Å². The normalized spacial score (nSPS) is 17.8. The molecule has 1 aliphatic heterocycles. The zero-order valence-electron chi connectivity index (χ0n) is 16.0. The summed E-state index contributed by atoms with van der Waals surface area (Å²) in [5, 5.41) is 0. The molecule has 3 rings (SSSR count). The highest BCUT2D eigenvalue weighted by Gasteiger charge is 2.34. The average Bonchev–Trinajstić information content (AvgIpc) is 2.66. The Labute approximate surface area is 169 Å². The summed E-state index contributed by atoms with van der Waals surface area (Å²) in [7, 11) is 1.82. The van der Waals surface area contributed by atoms with E-state index in [-0.39, 0.29) is 23.9 Å². The third kappa shape index (κ3) is 5.19. The lowest BCUT2D eigenvalue weighted by Crippen LogP contribution is -2.49. The van der Waals surface area contributed by atoms with Crippen LogP contribution >= 0.6 is 15.9 Å². The van der Waals surface area contributed by atoms with E-state index in [2.05, 4.69) is 22.5 Å². The largest absolute Gasteiger partial charge is 0.321 e. The van der Waals surface area contributed by atoms with E-state index >= 15 is 0 Å². The number of nitrogens with zero attached hydrogens (tertiary/aromatic N) is 2. The van der Waals surface area contributed by atoms with Crippen LogP contribution in [-0.4, -0.2) is 29.4 Å². The van der Waals surface area contributed by atoms with Gasteiger partial charge in [0.2, 0.25) is 0 Å². The molecule has 0 spiro atoms. The van der Waals surface area contributed by atoms with E-state index in [9.17, 15) is 9.18 Å². The van der Waals surface area contributed by atoms with Gasteiger partial charge in [-0.05, 0) is 55.7 Å². The number of rotatable bonds is 3. The van der Waals surface area contributed by atoms with Crippen molar-refractivity contribution in [3.05, 3.63) is 82.6 Å². The van der Waals surface area contributed by atoms with Gasteiger partial charge in [0.25, 0.3) is 0 Å². The van der Waals surface area contributed by atoms with Gasteiger partial charge in [-0.2, -0.15) is 0 Å². The molecule has 0 aromatic heterocycles. The molecular formula is C22H26BrFN2O. The van der Waals surface area contributed by atoms with Crippen molar-refractivity contribution in [1.29, 1.82) is 0 Å². The minimum absolute atomic E-state index is 0.00555. The van der Waals surface area contributed by atoms with E-state index in [4.69, 9.17) is 0 Å². The summed E-state index contributed by atoms with van der Waals surface area (Å²) in [5.74, 6) is -0.256. The highest BCUT2D eigenvalue weighted by atomic mass is 79.9. The maximum absolute atomic E-state index is 13.1. The number of benzene rings is 2. The van der Waals surface area contributed by atoms with Gasteiger partial charge in [0.05, 0.1) is 12.1 Å². The van der Waals surface area contributed by atoms with Crippen molar-refractivity contribution in [2.75, 3.05) is 13.6 Å². The van der Waals surface area contributed by atoms with Gasteiger partial charge in [-0.1, -0.05) is 46.3 Å². The van der Waals surface area contributed by atoms with Gasteiger partial charge >= 0.3 is 6.03 Å². The Kier molecular flexibility index (Phi) is 7.60.